The number of anilines is 1. The first-order chi connectivity index (χ1) is 10.8. The van der Waals surface area contributed by atoms with Crippen LogP contribution in [0.2, 0.25) is 0 Å². The molecule has 0 aromatic heterocycles. The van der Waals surface area contributed by atoms with E-state index in [4.69, 9.17) is 0 Å². The first kappa shape index (κ1) is 17.3. The van der Waals surface area contributed by atoms with E-state index in [2.05, 4.69) is 26.1 Å². The molecule has 0 aliphatic carbocycles. The Hall–Kier alpha value is -2.04. The lowest BCUT2D eigenvalue weighted by Crippen LogP contribution is -2.51. The van der Waals surface area contributed by atoms with Crippen LogP contribution in [-0.4, -0.2) is 37.1 Å². The number of carbonyl (C=O) groups excluding carboxylic acids is 1. The van der Waals surface area contributed by atoms with Gasteiger partial charge >= 0.3 is 6.03 Å². The van der Waals surface area contributed by atoms with Crippen LogP contribution in [0.3, 0.4) is 0 Å². The van der Waals surface area contributed by atoms with Crippen LogP contribution < -0.4 is 10.2 Å². The summed E-state index contributed by atoms with van der Waals surface area (Å²) in [6.45, 7) is 10.8. The first-order valence-corrected chi connectivity index (χ1v) is 8.01. The smallest absolute Gasteiger partial charge is 0.321 e. The monoisotopic (exact) mass is 319 g/mol. The highest BCUT2D eigenvalue weighted by atomic mass is 19.1. The van der Waals surface area contributed by atoms with Crippen LogP contribution in [0.25, 0.3) is 0 Å². The van der Waals surface area contributed by atoms with Crippen LogP contribution in [-0.2, 0) is 0 Å². The molecule has 1 aliphatic rings. The van der Waals surface area contributed by atoms with Gasteiger partial charge in [-0.3, -0.25) is 0 Å². The van der Waals surface area contributed by atoms with Crippen molar-refractivity contribution in [1.82, 2.24) is 10.2 Å². The highest BCUT2D eigenvalue weighted by molar-refractivity contribution is 5.75. The lowest BCUT2D eigenvalue weighted by atomic mass is 9.88. The SMILES string of the molecule is C/C(=C\NC(=O)N1CCN(c2ccccc2F)CC1)C(C)(C)C. The molecule has 1 aromatic rings. The van der Waals surface area contributed by atoms with E-state index in [0.717, 1.165) is 5.57 Å². The number of hydrogen-bond acceptors (Lipinski definition) is 2. The van der Waals surface area contributed by atoms with Gasteiger partial charge in [0.05, 0.1) is 5.69 Å². The maximum Gasteiger partial charge on any atom is 0.321 e. The normalized spacial score (nSPS) is 16.5. The number of carbonyl (C=O) groups is 1. The van der Waals surface area contributed by atoms with Gasteiger partial charge in [-0.2, -0.15) is 0 Å². The number of para-hydroxylation sites is 1. The third kappa shape index (κ3) is 4.47. The van der Waals surface area contributed by atoms with Gasteiger partial charge in [0, 0.05) is 32.4 Å². The van der Waals surface area contributed by atoms with Crippen LogP contribution in [0.5, 0.6) is 0 Å². The summed E-state index contributed by atoms with van der Waals surface area (Å²) < 4.78 is 13.8. The average Bonchev–Trinajstić information content (AvgIpc) is 2.52. The summed E-state index contributed by atoms with van der Waals surface area (Å²) >= 11 is 0. The molecule has 1 aromatic carbocycles. The lowest BCUT2D eigenvalue weighted by molar-refractivity contribution is 0.198. The number of nitrogens with one attached hydrogen (secondary N) is 1. The van der Waals surface area contributed by atoms with Crippen LogP contribution in [0.15, 0.2) is 36.0 Å². The average molecular weight is 319 g/mol. The number of piperazine rings is 1. The fraction of sp³-hybridized carbons (Fsp3) is 0.500. The highest BCUT2D eigenvalue weighted by Gasteiger charge is 2.22. The van der Waals surface area contributed by atoms with Crippen LogP contribution in [0.4, 0.5) is 14.9 Å². The molecule has 0 bridgehead atoms. The van der Waals surface area contributed by atoms with Crippen LogP contribution in [0.1, 0.15) is 27.7 Å². The summed E-state index contributed by atoms with van der Waals surface area (Å²) in [5, 5.41) is 2.86. The molecular weight excluding hydrogens is 293 g/mol. The van der Waals surface area contributed by atoms with Gasteiger partial charge in [-0.25, -0.2) is 9.18 Å². The van der Waals surface area contributed by atoms with Crippen molar-refractivity contribution in [2.45, 2.75) is 27.7 Å². The Morgan fingerprint density at radius 3 is 2.35 bits per heavy atom. The molecule has 0 spiro atoms. The van der Waals surface area contributed by atoms with Gasteiger partial charge in [-0.15, -0.1) is 0 Å². The summed E-state index contributed by atoms with van der Waals surface area (Å²) in [7, 11) is 0. The van der Waals surface area contributed by atoms with E-state index in [1.807, 2.05) is 17.9 Å². The zero-order valence-corrected chi connectivity index (χ0v) is 14.4. The quantitative estimate of drug-likeness (QED) is 0.904. The molecule has 2 rings (SSSR count). The minimum atomic E-state index is -0.214. The number of allylic oxidation sites excluding steroid dienone is 1. The summed E-state index contributed by atoms with van der Waals surface area (Å²) in [4.78, 5) is 16.0. The molecule has 126 valence electrons. The van der Waals surface area contributed by atoms with Crippen molar-refractivity contribution in [3.8, 4) is 0 Å². The van der Waals surface area contributed by atoms with E-state index in [-0.39, 0.29) is 17.3 Å². The van der Waals surface area contributed by atoms with Crippen molar-refractivity contribution in [3.05, 3.63) is 41.9 Å². The Bertz CT molecular complexity index is 584. The molecule has 5 heteroatoms. The molecular formula is C18H26FN3O. The Kier molecular flexibility index (Phi) is 5.29. The molecule has 23 heavy (non-hydrogen) atoms. The third-order valence-electron chi connectivity index (χ3n) is 4.36. The Labute approximate surface area is 138 Å². The number of nitrogens with zero attached hydrogens (tertiary/aromatic N) is 2. The zero-order chi connectivity index (χ0) is 17.0. The standard InChI is InChI=1S/C18H26FN3O/c1-14(18(2,3)4)13-20-17(23)22-11-9-21(10-12-22)16-8-6-5-7-15(16)19/h5-8,13H,9-12H2,1-4H3,(H,20,23)/b14-13+. The fourth-order valence-electron chi connectivity index (χ4n) is 2.34. The van der Waals surface area contributed by atoms with E-state index in [1.165, 1.54) is 6.07 Å². The Morgan fingerprint density at radius 2 is 1.78 bits per heavy atom. The molecule has 0 saturated carbocycles. The summed E-state index contributed by atoms with van der Waals surface area (Å²) in [5.74, 6) is -0.214. The predicted molar refractivity (Wildman–Crippen MR) is 91.9 cm³/mol. The lowest BCUT2D eigenvalue weighted by Gasteiger charge is -2.36. The van der Waals surface area contributed by atoms with Gasteiger partial charge in [0.25, 0.3) is 0 Å². The molecule has 1 saturated heterocycles. The molecule has 0 unspecified atom stereocenters. The Balaban J connectivity index is 1.89. The molecule has 0 radical (unpaired) electrons. The third-order valence-corrected chi connectivity index (χ3v) is 4.36. The van der Waals surface area contributed by atoms with Crippen molar-refractivity contribution in [2.75, 3.05) is 31.1 Å². The zero-order valence-electron chi connectivity index (χ0n) is 14.4. The number of amides is 2. The molecule has 1 aliphatic heterocycles. The first-order valence-electron chi connectivity index (χ1n) is 8.01. The van der Waals surface area contributed by atoms with Gasteiger partial charge < -0.3 is 15.1 Å². The van der Waals surface area contributed by atoms with E-state index in [9.17, 15) is 9.18 Å². The molecule has 4 nitrogen and oxygen atoms in total. The molecule has 1 fully saturated rings. The predicted octanol–water partition coefficient (Wildman–Crippen LogP) is 3.61. The van der Waals surface area contributed by atoms with E-state index >= 15 is 0 Å². The summed E-state index contributed by atoms with van der Waals surface area (Å²) in [6.07, 6.45) is 1.78. The highest BCUT2D eigenvalue weighted by Crippen LogP contribution is 2.23. The molecule has 1 heterocycles. The minimum Gasteiger partial charge on any atom is -0.366 e. The van der Waals surface area contributed by atoms with E-state index in [0.29, 0.717) is 31.9 Å². The van der Waals surface area contributed by atoms with Gasteiger partial charge in [0.2, 0.25) is 0 Å². The minimum absolute atomic E-state index is 0.0385. The van der Waals surface area contributed by atoms with Crippen molar-refractivity contribution >= 4 is 11.7 Å². The largest absolute Gasteiger partial charge is 0.366 e. The van der Waals surface area contributed by atoms with E-state index < -0.39 is 0 Å². The molecule has 0 atom stereocenters. The number of halogens is 1. The second-order valence-electron chi connectivity index (χ2n) is 6.95. The number of hydrogen-bond donors (Lipinski definition) is 1. The second-order valence-corrected chi connectivity index (χ2v) is 6.95. The van der Waals surface area contributed by atoms with Crippen molar-refractivity contribution in [3.63, 3.8) is 0 Å². The van der Waals surface area contributed by atoms with Crippen LogP contribution in [0, 0.1) is 11.2 Å². The van der Waals surface area contributed by atoms with Crippen molar-refractivity contribution < 1.29 is 9.18 Å². The summed E-state index contributed by atoms with van der Waals surface area (Å²) in [5.41, 5.74) is 1.77. The molecule has 1 N–H and O–H groups in total. The maximum absolute atomic E-state index is 13.8. The second kappa shape index (κ2) is 7.02. The van der Waals surface area contributed by atoms with Crippen LogP contribution >= 0.6 is 0 Å². The van der Waals surface area contributed by atoms with Gasteiger partial charge in [0.15, 0.2) is 0 Å². The number of urea groups is 1. The number of rotatable bonds is 2. The topological polar surface area (TPSA) is 35.6 Å². The molecule has 2 amide bonds. The maximum atomic E-state index is 13.8. The number of benzene rings is 1. The van der Waals surface area contributed by atoms with E-state index in [1.54, 1.807) is 23.2 Å². The van der Waals surface area contributed by atoms with Gasteiger partial charge in [-0.05, 0) is 24.5 Å². The van der Waals surface area contributed by atoms with Crippen molar-refractivity contribution in [1.29, 1.82) is 0 Å². The van der Waals surface area contributed by atoms with Gasteiger partial charge in [-0.1, -0.05) is 38.5 Å². The Morgan fingerprint density at radius 1 is 1.17 bits per heavy atom. The van der Waals surface area contributed by atoms with Gasteiger partial charge in [0.1, 0.15) is 5.82 Å². The summed E-state index contributed by atoms with van der Waals surface area (Å²) in [6, 6.07) is 6.67. The fourth-order valence-corrected chi connectivity index (χ4v) is 2.34. The van der Waals surface area contributed by atoms with Crippen molar-refractivity contribution in [2.24, 2.45) is 5.41 Å².